The molecule has 2 aromatic rings. The molecule has 7 heteroatoms. The van der Waals surface area contributed by atoms with Crippen molar-refractivity contribution in [3.63, 3.8) is 0 Å². The standard InChI is InChI=1S/C17H20N4O2S/c1-9(19-16(23)15-10(2)21-24-17(15)18-3)11-4-6-13-12(8-11)5-7-14(22)20-13/h4,6,8-9,18H,5,7H2,1-3H3,(H,19,23)(H,20,22)/t9-/m0/s1. The Morgan fingerprint density at radius 2 is 2.17 bits per heavy atom. The molecule has 0 saturated carbocycles. The second-order valence-corrected chi connectivity index (χ2v) is 6.66. The third-order valence-electron chi connectivity index (χ3n) is 4.19. The molecule has 2 amide bonds. The number of aromatic nitrogens is 1. The lowest BCUT2D eigenvalue weighted by Gasteiger charge is -2.20. The number of carbonyl (C=O) groups excluding carboxylic acids is 2. The number of aryl methyl sites for hydroxylation is 2. The monoisotopic (exact) mass is 344 g/mol. The van der Waals surface area contributed by atoms with Gasteiger partial charge >= 0.3 is 0 Å². The summed E-state index contributed by atoms with van der Waals surface area (Å²) in [6, 6.07) is 5.76. The molecule has 1 aliphatic heterocycles. The Bertz CT molecular complexity index is 800. The minimum atomic E-state index is -0.135. The number of nitrogens with zero attached hydrogens (tertiary/aromatic N) is 1. The summed E-state index contributed by atoms with van der Waals surface area (Å²) in [6.45, 7) is 3.79. The number of carbonyl (C=O) groups is 2. The van der Waals surface area contributed by atoms with E-state index in [4.69, 9.17) is 0 Å². The number of hydrogen-bond donors (Lipinski definition) is 3. The molecule has 24 heavy (non-hydrogen) atoms. The van der Waals surface area contributed by atoms with E-state index in [1.54, 1.807) is 7.05 Å². The fraction of sp³-hybridized carbons (Fsp3) is 0.353. The normalized spacial score (nSPS) is 14.5. The van der Waals surface area contributed by atoms with E-state index in [1.807, 2.05) is 26.0 Å². The lowest BCUT2D eigenvalue weighted by molar-refractivity contribution is -0.116. The third kappa shape index (κ3) is 3.12. The van der Waals surface area contributed by atoms with E-state index in [2.05, 4.69) is 26.4 Å². The van der Waals surface area contributed by atoms with Gasteiger partial charge in [-0.2, -0.15) is 4.37 Å². The van der Waals surface area contributed by atoms with Crippen LogP contribution in [-0.4, -0.2) is 23.2 Å². The van der Waals surface area contributed by atoms with Crippen molar-refractivity contribution < 1.29 is 9.59 Å². The fourth-order valence-corrected chi connectivity index (χ4v) is 3.58. The van der Waals surface area contributed by atoms with Crippen LogP contribution in [0.25, 0.3) is 0 Å². The Balaban J connectivity index is 1.77. The Labute approximate surface area is 144 Å². The van der Waals surface area contributed by atoms with Crippen LogP contribution in [0.4, 0.5) is 10.7 Å². The van der Waals surface area contributed by atoms with Crippen molar-refractivity contribution in [2.75, 3.05) is 17.7 Å². The van der Waals surface area contributed by atoms with Crippen molar-refractivity contribution in [3.05, 3.63) is 40.6 Å². The SMILES string of the molecule is CNc1snc(C)c1C(=O)N[C@@H](C)c1ccc2c(c1)CCC(=O)N2. The van der Waals surface area contributed by atoms with Gasteiger partial charge in [0.25, 0.3) is 5.91 Å². The van der Waals surface area contributed by atoms with Gasteiger partial charge in [0, 0.05) is 19.2 Å². The topological polar surface area (TPSA) is 83.1 Å². The summed E-state index contributed by atoms with van der Waals surface area (Å²) in [4.78, 5) is 24.0. The Morgan fingerprint density at radius 3 is 2.92 bits per heavy atom. The van der Waals surface area contributed by atoms with E-state index in [0.717, 1.165) is 33.9 Å². The van der Waals surface area contributed by atoms with Gasteiger partial charge in [-0.25, -0.2) is 0 Å². The molecule has 126 valence electrons. The van der Waals surface area contributed by atoms with Crippen LogP contribution >= 0.6 is 11.5 Å². The maximum atomic E-state index is 12.6. The minimum Gasteiger partial charge on any atom is -0.378 e. The van der Waals surface area contributed by atoms with E-state index in [9.17, 15) is 9.59 Å². The maximum Gasteiger partial charge on any atom is 0.256 e. The highest BCUT2D eigenvalue weighted by Gasteiger charge is 2.21. The number of benzene rings is 1. The van der Waals surface area contributed by atoms with Gasteiger partial charge in [-0.05, 0) is 49.0 Å². The molecule has 1 atom stereocenters. The zero-order valence-corrected chi connectivity index (χ0v) is 14.7. The van der Waals surface area contributed by atoms with E-state index < -0.39 is 0 Å². The average Bonchev–Trinajstić information content (AvgIpc) is 2.95. The van der Waals surface area contributed by atoms with E-state index >= 15 is 0 Å². The van der Waals surface area contributed by atoms with Crippen LogP contribution in [-0.2, 0) is 11.2 Å². The van der Waals surface area contributed by atoms with Crippen LogP contribution < -0.4 is 16.0 Å². The number of hydrogen-bond acceptors (Lipinski definition) is 5. The third-order valence-corrected chi connectivity index (χ3v) is 5.15. The first-order valence-electron chi connectivity index (χ1n) is 7.87. The molecule has 1 aromatic carbocycles. The molecule has 0 spiro atoms. The quantitative estimate of drug-likeness (QED) is 0.796. The molecule has 0 radical (unpaired) electrons. The number of rotatable bonds is 4. The first kappa shape index (κ1) is 16.4. The average molecular weight is 344 g/mol. The van der Waals surface area contributed by atoms with Crippen LogP contribution in [0.3, 0.4) is 0 Å². The zero-order chi connectivity index (χ0) is 17.3. The summed E-state index contributed by atoms with van der Waals surface area (Å²) in [6.07, 6.45) is 1.23. The van der Waals surface area contributed by atoms with Gasteiger partial charge in [-0.3, -0.25) is 9.59 Å². The molecule has 0 aliphatic carbocycles. The molecule has 0 saturated heterocycles. The smallest absolute Gasteiger partial charge is 0.256 e. The van der Waals surface area contributed by atoms with Crippen molar-refractivity contribution in [1.29, 1.82) is 0 Å². The highest BCUT2D eigenvalue weighted by molar-refractivity contribution is 7.10. The summed E-state index contributed by atoms with van der Waals surface area (Å²) in [5.41, 5.74) is 4.31. The first-order valence-corrected chi connectivity index (χ1v) is 8.64. The second-order valence-electron chi connectivity index (χ2n) is 5.88. The zero-order valence-electron chi connectivity index (χ0n) is 13.9. The number of fused-ring (bicyclic) bond motifs is 1. The van der Waals surface area contributed by atoms with Crippen molar-refractivity contribution in [2.24, 2.45) is 0 Å². The van der Waals surface area contributed by atoms with Crippen LogP contribution in [0, 0.1) is 6.92 Å². The molecule has 0 bridgehead atoms. The van der Waals surface area contributed by atoms with Crippen molar-refractivity contribution >= 4 is 34.0 Å². The molecule has 1 aliphatic rings. The molecular weight excluding hydrogens is 324 g/mol. The van der Waals surface area contributed by atoms with Gasteiger partial charge in [0.05, 0.1) is 17.3 Å². The summed E-state index contributed by atoms with van der Waals surface area (Å²) >= 11 is 1.28. The Hall–Kier alpha value is -2.41. The van der Waals surface area contributed by atoms with Crippen molar-refractivity contribution in [3.8, 4) is 0 Å². The molecule has 6 nitrogen and oxygen atoms in total. The second kappa shape index (κ2) is 6.60. The molecule has 3 rings (SSSR count). The fourth-order valence-electron chi connectivity index (χ4n) is 2.83. The van der Waals surface area contributed by atoms with Gasteiger partial charge in [0.1, 0.15) is 5.00 Å². The summed E-state index contributed by atoms with van der Waals surface area (Å²) in [5.74, 6) is -0.0826. The highest BCUT2D eigenvalue weighted by atomic mass is 32.1. The first-order chi connectivity index (χ1) is 11.5. The summed E-state index contributed by atoms with van der Waals surface area (Å²) in [7, 11) is 1.78. The van der Waals surface area contributed by atoms with E-state index in [-0.39, 0.29) is 17.9 Å². The molecule has 0 unspecified atom stereocenters. The predicted molar refractivity (Wildman–Crippen MR) is 95.7 cm³/mol. The van der Waals surface area contributed by atoms with Crippen LogP contribution in [0.5, 0.6) is 0 Å². The summed E-state index contributed by atoms with van der Waals surface area (Å²) < 4.78 is 4.23. The van der Waals surface area contributed by atoms with Crippen LogP contribution in [0.15, 0.2) is 18.2 Å². The molecule has 3 N–H and O–H groups in total. The Kier molecular flexibility index (Phi) is 4.53. The van der Waals surface area contributed by atoms with E-state index in [0.29, 0.717) is 12.0 Å². The molecule has 0 fully saturated rings. The Morgan fingerprint density at radius 1 is 1.38 bits per heavy atom. The summed E-state index contributed by atoms with van der Waals surface area (Å²) in [5, 5.41) is 9.68. The lowest BCUT2D eigenvalue weighted by atomic mass is 9.97. The molecule has 1 aromatic heterocycles. The number of amides is 2. The lowest BCUT2D eigenvalue weighted by Crippen LogP contribution is -2.28. The molecular formula is C17H20N4O2S. The van der Waals surface area contributed by atoms with Crippen molar-refractivity contribution in [2.45, 2.75) is 32.7 Å². The highest BCUT2D eigenvalue weighted by Crippen LogP contribution is 2.27. The number of nitrogens with one attached hydrogen (secondary N) is 3. The van der Waals surface area contributed by atoms with Crippen molar-refractivity contribution in [1.82, 2.24) is 9.69 Å². The van der Waals surface area contributed by atoms with E-state index in [1.165, 1.54) is 11.5 Å². The maximum absolute atomic E-state index is 12.6. The van der Waals surface area contributed by atoms with Gasteiger partial charge in [-0.15, -0.1) is 0 Å². The number of anilines is 2. The predicted octanol–water partition coefficient (Wildman–Crippen LogP) is 2.87. The largest absolute Gasteiger partial charge is 0.378 e. The van der Waals surface area contributed by atoms with Gasteiger partial charge in [0.2, 0.25) is 5.91 Å². The van der Waals surface area contributed by atoms with Gasteiger partial charge < -0.3 is 16.0 Å². The van der Waals surface area contributed by atoms with Crippen LogP contribution in [0.1, 0.15) is 46.6 Å². The van der Waals surface area contributed by atoms with Gasteiger partial charge in [0.15, 0.2) is 0 Å². The minimum absolute atomic E-state index is 0.0524. The molecule has 2 heterocycles. The van der Waals surface area contributed by atoms with Crippen LogP contribution in [0.2, 0.25) is 0 Å². The van der Waals surface area contributed by atoms with Gasteiger partial charge in [-0.1, -0.05) is 12.1 Å².